The summed E-state index contributed by atoms with van der Waals surface area (Å²) in [5, 5.41) is 23.6. The van der Waals surface area contributed by atoms with Crippen LogP contribution in [0.5, 0.6) is 11.5 Å². The molecule has 1 aromatic rings. The molecule has 64 valence electrons. The number of rotatable bonds is 1. The molecule has 0 unspecified atom stereocenters. The molecule has 0 amide bonds. The minimum Gasteiger partial charge on any atom is -0.508 e. The SMILES string of the molecule is NC(=[NH2+])Sc1cc(O)ccc1O. The number of nitrogens with two attached hydrogens (primary N) is 2. The second-order valence-electron chi connectivity index (χ2n) is 2.16. The topological polar surface area (TPSA) is 92.1 Å². The Hall–Kier alpha value is -1.36. The first-order valence-corrected chi connectivity index (χ1v) is 3.99. The van der Waals surface area contributed by atoms with Crippen LogP contribution in [0.2, 0.25) is 0 Å². The van der Waals surface area contributed by atoms with Gasteiger partial charge in [0.1, 0.15) is 11.5 Å². The van der Waals surface area contributed by atoms with Crippen molar-refractivity contribution in [3.8, 4) is 11.5 Å². The molecule has 0 bridgehead atoms. The fourth-order valence-corrected chi connectivity index (χ4v) is 1.32. The number of phenolic OH excluding ortho intramolecular Hbond substituents is 2. The number of amidine groups is 1. The minimum atomic E-state index is 0.0474. The molecule has 0 saturated heterocycles. The summed E-state index contributed by atoms with van der Waals surface area (Å²) in [6, 6.07) is 4.15. The summed E-state index contributed by atoms with van der Waals surface area (Å²) in [7, 11) is 0. The Bertz CT molecular complexity index is 314. The summed E-state index contributed by atoms with van der Waals surface area (Å²) in [4.78, 5) is 0.440. The second kappa shape index (κ2) is 3.36. The van der Waals surface area contributed by atoms with Gasteiger partial charge in [0.15, 0.2) is 0 Å². The molecule has 0 aromatic heterocycles. The van der Waals surface area contributed by atoms with Crippen LogP contribution in [0.4, 0.5) is 0 Å². The summed E-state index contributed by atoms with van der Waals surface area (Å²) in [6.07, 6.45) is 0. The van der Waals surface area contributed by atoms with E-state index >= 15 is 0 Å². The van der Waals surface area contributed by atoms with E-state index < -0.39 is 0 Å². The van der Waals surface area contributed by atoms with Crippen molar-refractivity contribution in [1.82, 2.24) is 0 Å². The van der Waals surface area contributed by atoms with Gasteiger partial charge in [-0.15, -0.1) is 0 Å². The van der Waals surface area contributed by atoms with Gasteiger partial charge in [-0.1, -0.05) is 0 Å². The molecule has 0 aliphatic heterocycles. The third kappa shape index (κ3) is 2.06. The molecule has 0 saturated carbocycles. The van der Waals surface area contributed by atoms with E-state index in [9.17, 15) is 5.11 Å². The smallest absolute Gasteiger partial charge is 0.304 e. The first kappa shape index (κ1) is 8.73. The van der Waals surface area contributed by atoms with Gasteiger partial charge in [0.2, 0.25) is 0 Å². The predicted molar refractivity (Wildman–Crippen MR) is 46.7 cm³/mol. The first-order chi connectivity index (χ1) is 5.59. The maximum atomic E-state index is 9.23. The Balaban J connectivity index is 2.97. The summed E-state index contributed by atoms with van der Waals surface area (Å²) >= 11 is 1.00. The van der Waals surface area contributed by atoms with Crippen LogP contribution >= 0.6 is 11.8 Å². The average molecular weight is 185 g/mol. The lowest BCUT2D eigenvalue weighted by atomic mass is 10.3. The van der Waals surface area contributed by atoms with E-state index in [0.29, 0.717) is 4.90 Å². The molecule has 4 nitrogen and oxygen atoms in total. The Morgan fingerprint density at radius 1 is 1.42 bits per heavy atom. The van der Waals surface area contributed by atoms with E-state index in [1.165, 1.54) is 18.2 Å². The standard InChI is InChI=1S/C7H8N2O2S/c8-7(9)12-6-3-4(10)1-2-5(6)11/h1-3,10-11H,(H3,8,9)/p+1. The Kier molecular flexibility index (Phi) is 2.44. The van der Waals surface area contributed by atoms with Gasteiger partial charge < -0.3 is 10.2 Å². The lowest BCUT2D eigenvalue weighted by molar-refractivity contribution is -0.110. The zero-order valence-electron chi connectivity index (χ0n) is 6.19. The van der Waals surface area contributed by atoms with E-state index in [0.717, 1.165) is 11.8 Å². The van der Waals surface area contributed by atoms with Gasteiger partial charge in [-0.05, 0) is 18.2 Å². The average Bonchev–Trinajstić information content (AvgIpc) is 1.96. The van der Waals surface area contributed by atoms with Crippen molar-refractivity contribution < 1.29 is 15.6 Å². The van der Waals surface area contributed by atoms with Gasteiger partial charge in [-0.3, -0.25) is 11.1 Å². The van der Waals surface area contributed by atoms with Crippen molar-refractivity contribution in [1.29, 1.82) is 0 Å². The molecular formula is C7H9N2O2S+. The number of aromatic hydroxyl groups is 2. The van der Waals surface area contributed by atoms with Crippen LogP contribution in [0.1, 0.15) is 0 Å². The number of phenols is 2. The molecule has 6 N–H and O–H groups in total. The summed E-state index contributed by atoms with van der Waals surface area (Å²) in [5.74, 6) is 0.114. The highest BCUT2D eigenvalue weighted by Gasteiger charge is 2.06. The summed E-state index contributed by atoms with van der Waals surface area (Å²) in [5.41, 5.74) is 5.21. The summed E-state index contributed by atoms with van der Waals surface area (Å²) < 4.78 is 0. The fraction of sp³-hybridized carbons (Fsp3) is 0. The van der Waals surface area contributed by atoms with Gasteiger partial charge >= 0.3 is 5.17 Å². The molecule has 1 aromatic carbocycles. The minimum absolute atomic E-state index is 0.0474. The lowest BCUT2D eigenvalue weighted by Gasteiger charge is -2.00. The van der Waals surface area contributed by atoms with Crippen LogP contribution in [0.15, 0.2) is 23.1 Å². The molecule has 0 heterocycles. The quantitative estimate of drug-likeness (QED) is 0.201. The number of hydrogen-bond acceptors (Lipinski definition) is 3. The van der Waals surface area contributed by atoms with Crippen LogP contribution in [0.3, 0.4) is 0 Å². The van der Waals surface area contributed by atoms with Crippen LogP contribution in [-0.4, -0.2) is 15.4 Å². The third-order valence-electron chi connectivity index (χ3n) is 1.17. The van der Waals surface area contributed by atoms with Crippen molar-refractivity contribution in [3.05, 3.63) is 18.2 Å². The zero-order valence-corrected chi connectivity index (χ0v) is 7.01. The van der Waals surface area contributed by atoms with E-state index in [2.05, 4.69) is 0 Å². The van der Waals surface area contributed by atoms with Gasteiger partial charge in [-0.25, -0.2) is 0 Å². The molecule has 0 spiro atoms. The van der Waals surface area contributed by atoms with E-state index in [1.54, 1.807) is 0 Å². The van der Waals surface area contributed by atoms with Gasteiger partial charge in [0.25, 0.3) is 0 Å². The molecule has 0 radical (unpaired) electrons. The Labute approximate surface area is 73.5 Å². The highest BCUT2D eigenvalue weighted by atomic mass is 32.2. The van der Waals surface area contributed by atoms with Gasteiger partial charge in [-0.2, -0.15) is 0 Å². The maximum absolute atomic E-state index is 9.23. The molecular weight excluding hydrogens is 176 g/mol. The maximum Gasteiger partial charge on any atom is 0.304 e. The zero-order chi connectivity index (χ0) is 9.14. The van der Waals surface area contributed by atoms with Crippen molar-refractivity contribution >= 4 is 16.9 Å². The molecule has 0 atom stereocenters. The second-order valence-corrected chi connectivity index (χ2v) is 3.27. The highest BCUT2D eigenvalue weighted by Crippen LogP contribution is 2.30. The molecule has 1 rings (SSSR count). The monoisotopic (exact) mass is 185 g/mol. The highest BCUT2D eigenvalue weighted by molar-refractivity contribution is 8.13. The van der Waals surface area contributed by atoms with E-state index in [-0.39, 0.29) is 16.7 Å². The Morgan fingerprint density at radius 2 is 2.08 bits per heavy atom. The number of thioether (sulfide) groups is 1. The fourth-order valence-electron chi connectivity index (χ4n) is 0.712. The van der Waals surface area contributed by atoms with Crippen molar-refractivity contribution in [2.45, 2.75) is 4.90 Å². The predicted octanol–water partition coefficient (Wildman–Crippen LogP) is -0.736. The third-order valence-corrected chi connectivity index (χ3v) is 1.95. The van der Waals surface area contributed by atoms with Crippen LogP contribution < -0.4 is 11.1 Å². The lowest BCUT2D eigenvalue weighted by Crippen LogP contribution is -2.43. The molecule has 5 heteroatoms. The molecule has 0 aliphatic rings. The van der Waals surface area contributed by atoms with Crippen molar-refractivity contribution in [2.24, 2.45) is 5.73 Å². The van der Waals surface area contributed by atoms with Crippen LogP contribution in [-0.2, 0) is 0 Å². The molecule has 12 heavy (non-hydrogen) atoms. The Morgan fingerprint density at radius 3 is 2.67 bits per heavy atom. The van der Waals surface area contributed by atoms with Crippen molar-refractivity contribution in [3.63, 3.8) is 0 Å². The van der Waals surface area contributed by atoms with Crippen LogP contribution in [0, 0.1) is 0 Å². The van der Waals surface area contributed by atoms with Gasteiger partial charge in [0.05, 0.1) is 4.90 Å². The normalized spacial score (nSPS) is 9.67. The number of benzene rings is 1. The summed E-state index contributed by atoms with van der Waals surface area (Å²) in [6.45, 7) is 0. The molecule has 0 aliphatic carbocycles. The van der Waals surface area contributed by atoms with Crippen LogP contribution in [0.25, 0.3) is 0 Å². The largest absolute Gasteiger partial charge is 0.508 e. The van der Waals surface area contributed by atoms with Crippen molar-refractivity contribution in [2.75, 3.05) is 0 Å². The van der Waals surface area contributed by atoms with E-state index in [4.69, 9.17) is 16.2 Å². The van der Waals surface area contributed by atoms with Gasteiger partial charge in [0, 0.05) is 11.8 Å². The first-order valence-electron chi connectivity index (χ1n) is 3.17. The molecule has 0 fully saturated rings. The number of hydrogen-bond donors (Lipinski definition) is 4. The van der Waals surface area contributed by atoms with E-state index in [1.807, 2.05) is 0 Å².